The van der Waals surface area contributed by atoms with E-state index in [0.29, 0.717) is 31.2 Å². The van der Waals surface area contributed by atoms with Gasteiger partial charge in [-0.15, -0.1) is 0 Å². The molecule has 5 aliphatic rings. The predicted molar refractivity (Wildman–Crippen MR) is 218 cm³/mol. The van der Waals surface area contributed by atoms with Crippen molar-refractivity contribution in [2.75, 3.05) is 20.3 Å². The third-order valence-corrected chi connectivity index (χ3v) is 14.5. The maximum Gasteiger partial charge on any atom is 0.264 e. The highest BCUT2D eigenvalue weighted by molar-refractivity contribution is 7.90. The summed E-state index contributed by atoms with van der Waals surface area (Å²) in [7, 11) is -2.16. The molecule has 11 nitrogen and oxygen atoms in total. The van der Waals surface area contributed by atoms with Crippen LogP contribution in [0.4, 0.5) is 0 Å². The minimum Gasteiger partial charge on any atom is -0.497 e. The van der Waals surface area contributed by atoms with E-state index in [4.69, 9.17) is 14.6 Å². The zero-order valence-electron chi connectivity index (χ0n) is 33.1. The fourth-order valence-electron chi connectivity index (χ4n) is 9.68. The van der Waals surface area contributed by atoms with Crippen LogP contribution in [0.3, 0.4) is 0 Å². The van der Waals surface area contributed by atoms with Crippen LogP contribution in [0.2, 0.25) is 0 Å². The van der Waals surface area contributed by atoms with Crippen molar-refractivity contribution in [3.63, 3.8) is 0 Å². The lowest BCUT2D eigenvalue weighted by atomic mass is 9.81. The number of nitrogens with one attached hydrogen (secondary N) is 1. The summed E-state index contributed by atoms with van der Waals surface area (Å²) in [5.41, 5.74) is 8.93. The lowest BCUT2D eigenvalue weighted by Crippen LogP contribution is -2.49. The van der Waals surface area contributed by atoms with Gasteiger partial charge in [-0.3, -0.25) is 14.3 Å². The van der Waals surface area contributed by atoms with Gasteiger partial charge in [-0.1, -0.05) is 39.2 Å². The van der Waals surface area contributed by atoms with Crippen LogP contribution in [0.5, 0.6) is 5.75 Å². The zero-order valence-corrected chi connectivity index (χ0v) is 34.0. The third kappa shape index (κ3) is 6.27. The van der Waals surface area contributed by atoms with Gasteiger partial charge in [-0.25, -0.2) is 13.1 Å². The number of fused-ring (bicyclic) bond motifs is 7. The molecule has 0 spiro atoms. The number of nitrogens with zero attached hydrogens (tertiary/aromatic N) is 4. The topological polar surface area (TPSA) is 125 Å². The summed E-state index contributed by atoms with van der Waals surface area (Å²) < 4.78 is 44.2. The first-order valence-corrected chi connectivity index (χ1v) is 22.1. The molecule has 5 heterocycles. The molecule has 12 heteroatoms. The first kappa shape index (κ1) is 37.2. The second-order valence-electron chi connectivity index (χ2n) is 17.1. The summed E-state index contributed by atoms with van der Waals surface area (Å²) in [4.78, 5) is 30.9. The summed E-state index contributed by atoms with van der Waals surface area (Å²) in [5, 5.41) is 5.60. The van der Waals surface area contributed by atoms with Crippen LogP contribution in [0.1, 0.15) is 147 Å². The molecule has 2 aromatic heterocycles. The minimum absolute atomic E-state index is 0.0224. The highest BCUT2D eigenvalue weighted by Gasteiger charge is 2.44. The first-order chi connectivity index (χ1) is 26.9. The molecule has 2 bridgehead atoms. The number of amides is 2. The second-order valence-corrected chi connectivity index (χ2v) is 19.4. The summed E-state index contributed by atoms with van der Waals surface area (Å²) >= 11 is 0. The van der Waals surface area contributed by atoms with Crippen molar-refractivity contribution in [2.45, 2.75) is 127 Å². The van der Waals surface area contributed by atoms with Crippen LogP contribution >= 0.6 is 0 Å². The zero-order chi connectivity index (χ0) is 39.0. The van der Waals surface area contributed by atoms with E-state index in [9.17, 15) is 13.2 Å². The number of allylic oxidation sites excluding steroid dienone is 1. The molecule has 0 radical (unpaired) electrons. The average molecular weight is 780 g/mol. The molecule has 56 heavy (non-hydrogen) atoms. The van der Waals surface area contributed by atoms with Crippen molar-refractivity contribution >= 4 is 44.4 Å². The number of rotatable bonds is 9. The van der Waals surface area contributed by atoms with Crippen molar-refractivity contribution in [3.05, 3.63) is 70.0 Å². The summed E-state index contributed by atoms with van der Waals surface area (Å²) in [6.07, 6.45) is 11.8. The van der Waals surface area contributed by atoms with Crippen molar-refractivity contribution in [3.8, 4) is 17.0 Å². The molecular weight excluding hydrogens is 727 g/mol. The van der Waals surface area contributed by atoms with Crippen LogP contribution in [-0.4, -0.2) is 77.1 Å². The lowest BCUT2D eigenvalue weighted by Gasteiger charge is -2.35. The molecule has 2 aliphatic carbocycles. The van der Waals surface area contributed by atoms with E-state index >= 15 is 4.79 Å². The van der Waals surface area contributed by atoms with Gasteiger partial charge >= 0.3 is 0 Å². The Morgan fingerprint density at radius 1 is 0.893 bits per heavy atom. The Labute approximate surface area is 329 Å². The molecule has 2 saturated carbocycles. The highest BCUT2D eigenvalue weighted by Crippen LogP contribution is 2.49. The molecule has 2 saturated heterocycles. The van der Waals surface area contributed by atoms with Crippen molar-refractivity contribution < 1.29 is 27.5 Å². The Hall–Kier alpha value is -4.42. The first-order valence-electron chi connectivity index (χ1n) is 20.6. The molecule has 9 rings (SSSR count). The number of carbonyl (C=O) groups excluding carboxylic acids is 2. The van der Waals surface area contributed by atoms with Gasteiger partial charge in [0, 0.05) is 22.0 Å². The van der Waals surface area contributed by atoms with E-state index in [1.54, 1.807) is 27.0 Å². The van der Waals surface area contributed by atoms with Gasteiger partial charge in [-0.2, -0.15) is 5.10 Å². The van der Waals surface area contributed by atoms with Crippen molar-refractivity contribution in [2.24, 2.45) is 0 Å². The van der Waals surface area contributed by atoms with Crippen LogP contribution in [0, 0.1) is 0 Å². The van der Waals surface area contributed by atoms with E-state index in [1.807, 2.05) is 18.2 Å². The van der Waals surface area contributed by atoms with Gasteiger partial charge in [0.15, 0.2) is 0 Å². The fraction of sp³-hybridized carbons (Fsp3) is 0.523. The number of ether oxygens (including phenoxy) is 2. The third-order valence-electron chi connectivity index (χ3n) is 12.8. The SMILES string of the molecule is COc1ccc2c(c1)C=C(c1c(C(=O)N3C4CCC3COC4)c(C(C)C)nn1C1CC1)Cn1c-2c(C2CCCCC2)c2ccc(C(=O)NS(=O)(=O)C(C)C)cc21. The number of methoxy groups -OCH3 is 1. The molecular formula is C44H53N5O6S. The highest BCUT2D eigenvalue weighted by atomic mass is 32.2. The Kier molecular flexibility index (Phi) is 9.42. The summed E-state index contributed by atoms with van der Waals surface area (Å²) in [6, 6.07) is 12.2. The summed E-state index contributed by atoms with van der Waals surface area (Å²) in [6.45, 7) is 8.89. The molecule has 1 N–H and O–H groups in total. The molecule has 4 aromatic rings. The number of aromatic nitrogens is 3. The Bertz CT molecular complexity index is 2360. The minimum atomic E-state index is -3.84. The van der Waals surface area contributed by atoms with Crippen molar-refractivity contribution in [1.29, 1.82) is 0 Å². The maximum atomic E-state index is 15.2. The number of morpholine rings is 1. The number of sulfonamides is 1. The number of carbonyl (C=O) groups is 2. The molecule has 4 fully saturated rings. The Morgan fingerprint density at radius 2 is 1.61 bits per heavy atom. The average Bonchev–Trinajstić information content (AvgIpc) is 3.85. The summed E-state index contributed by atoms with van der Waals surface area (Å²) in [5.74, 6) is 0.473. The molecule has 296 valence electrons. The van der Waals surface area contributed by atoms with Gasteiger partial charge in [0.2, 0.25) is 10.0 Å². The monoisotopic (exact) mass is 779 g/mol. The number of benzene rings is 2. The van der Waals surface area contributed by atoms with E-state index in [0.717, 1.165) is 102 Å². The van der Waals surface area contributed by atoms with Gasteiger partial charge in [0.05, 0.1) is 72.9 Å². The molecule has 2 atom stereocenters. The molecule has 3 aliphatic heterocycles. The maximum absolute atomic E-state index is 15.2. The van der Waals surface area contributed by atoms with Gasteiger partial charge in [0.1, 0.15) is 5.75 Å². The molecule has 2 amide bonds. The molecule has 2 aromatic carbocycles. The quantitative estimate of drug-likeness (QED) is 0.182. The standard InChI is InChI=1S/C44H53N5O6S/c1-25(2)40-39(44(51)48-32-14-15-33(48)24-55-23-32)41(49(45-40)31-12-13-31)30-19-29-20-34(54-5)16-18-35(29)42-38(27-9-7-6-8-10-27)36-17-11-28(21-37(36)47(42)22-30)43(50)46-56(52,53)26(3)4/h11,16-21,25-27,31-33H,6-10,12-15,22-24H2,1-5H3,(H,46,50). The van der Waals surface area contributed by atoms with Gasteiger partial charge < -0.3 is 18.9 Å². The number of hydrogen-bond donors (Lipinski definition) is 1. The van der Waals surface area contributed by atoms with E-state index in [1.165, 1.54) is 12.0 Å². The normalized spacial score (nSPS) is 21.3. The van der Waals surface area contributed by atoms with Crippen LogP contribution in [0.15, 0.2) is 36.4 Å². The molecule has 2 unspecified atom stereocenters. The van der Waals surface area contributed by atoms with Crippen LogP contribution < -0.4 is 9.46 Å². The Morgan fingerprint density at radius 3 is 2.27 bits per heavy atom. The smallest absolute Gasteiger partial charge is 0.264 e. The van der Waals surface area contributed by atoms with Crippen LogP contribution in [0.25, 0.3) is 33.8 Å². The second kappa shape index (κ2) is 14.2. The van der Waals surface area contributed by atoms with Gasteiger partial charge in [0.25, 0.3) is 11.8 Å². The van der Waals surface area contributed by atoms with E-state index < -0.39 is 21.2 Å². The van der Waals surface area contributed by atoms with E-state index in [-0.39, 0.29) is 35.5 Å². The van der Waals surface area contributed by atoms with Gasteiger partial charge in [-0.05, 0) is 117 Å². The van der Waals surface area contributed by atoms with Crippen molar-refractivity contribution in [1.82, 2.24) is 24.0 Å². The largest absolute Gasteiger partial charge is 0.497 e. The Balaban J connectivity index is 1.29. The predicted octanol–water partition coefficient (Wildman–Crippen LogP) is 8.05. The fourth-order valence-corrected chi connectivity index (χ4v) is 10.3. The van der Waals surface area contributed by atoms with E-state index in [2.05, 4.69) is 50.9 Å². The van der Waals surface area contributed by atoms with Crippen LogP contribution in [-0.2, 0) is 21.3 Å². The lowest BCUT2D eigenvalue weighted by molar-refractivity contribution is -0.00725. The number of hydrogen-bond acceptors (Lipinski definition) is 7.